The van der Waals surface area contributed by atoms with Gasteiger partial charge in [-0.15, -0.1) is 0 Å². The number of rotatable bonds is 4. The van der Waals surface area contributed by atoms with Gasteiger partial charge in [0, 0.05) is 31.2 Å². The standard InChI is InChI=1S/C23H25N5O2/c1-16-8-9-19(17(2)26-16)22(30)27-23(18-6-4-3-5-7-18)10-13-28(15-20(23)29)21-14-24-11-12-25-21/h3-9,11-12,14,20,29H,10,13,15H2,1-2H3,(H,27,30)/t20-,23+/m1/s1. The highest BCUT2D eigenvalue weighted by Crippen LogP contribution is 2.35. The second-order valence-corrected chi connectivity index (χ2v) is 7.65. The molecule has 0 spiro atoms. The third kappa shape index (κ3) is 3.76. The zero-order valence-electron chi connectivity index (χ0n) is 17.1. The van der Waals surface area contributed by atoms with Gasteiger partial charge < -0.3 is 15.3 Å². The number of aliphatic hydroxyl groups excluding tert-OH is 1. The highest BCUT2D eigenvalue weighted by Gasteiger charge is 2.45. The van der Waals surface area contributed by atoms with Crippen LogP contribution in [0.1, 0.15) is 33.7 Å². The van der Waals surface area contributed by atoms with Crippen LogP contribution in [0.25, 0.3) is 0 Å². The third-order valence-electron chi connectivity index (χ3n) is 5.71. The van der Waals surface area contributed by atoms with E-state index in [0.717, 1.165) is 11.3 Å². The van der Waals surface area contributed by atoms with Gasteiger partial charge in [-0.05, 0) is 38.0 Å². The van der Waals surface area contributed by atoms with Crippen molar-refractivity contribution in [2.45, 2.75) is 31.9 Å². The smallest absolute Gasteiger partial charge is 0.253 e. The Labute approximate surface area is 175 Å². The van der Waals surface area contributed by atoms with Crippen LogP contribution in [0.3, 0.4) is 0 Å². The van der Waals surface area contributed by atoms with E-state index in [4.69, 9.17) is 0 Å². The maximum atomic E-state index is 13.2. The van der Waals surface area contributed by atoms with E-state index in [1.165, 1.54) is 0 Å². The van der Waals surface area contributed by atoms with Gasteiger partial charge in [-0.3, -0.25) is 14.8 Å². The summed E-state index contributed by atoms with van der Waals surface area (Å²) in [5, 5.41) is 14.4. The second-order valence-electron chi connectivity index (χ2n) is 7.65. The van der Waals surface area contributed by atoms with E-state index in [9.17, 15) is 9.90 Å². The van der Waals surface area contributed by atoms with E-state index in [0.29, 0.717) is 36.6 Å². The number of piperidine rings is 1. The van der Waals surface area contributed by atoms with Crippen LogP contribution in [0, 0.1) is 13.8 Å². The van der Waals surface area contributed by atoms with E-state index >= 15 is 0 Å². The molecule has 1 aliphatic heterocycles. The Hall–Kier alpha value is -3.32. The molecule has 3 aromatic rings. The molecule has 1 fully saturated rings. The fourth-order valence-corrected chi connectivity index (χ4v) is 4.08. The number of hydrogen-bond donors (Lipinski definition) is 2. The molecule has 3 heterocycles. The lowest BCUT2D eigenvalue weighted by atomic mass is 9.78. The number of amides is 1. The second kappa shape index (κ2) is 8.20. The summed E-state index contributed by atoms with van der Waals surface area (Å²) in [5.41, 5.74) is 2.01. The van der Waals surface area contributed by atoms with Gasteiger partial charge in [-0.1, -0.05) is 30.3 Å². The lowest BCUT2D eigenvalue weighted by Gasteiger charge is -2.46. The zero-order chi connectivity index (χ0) is 21.1. The molecule has 154 valence electrons. The summed E-state index contributed by atoms with van der Waals surface area (Å²) < 4.78 is 0. The Morgan fingerprint density at radius 3 is 2.63 bits per heavy atom. The molecule has 30 heavy (non-hydrogen) atoms. The number of anilines is 1. The van der Waals surface area contributed by atoms with Crippen LogP contribution < -0.4 is 10.2 Å². The van der Waals surface area contributed by atoms with Crippen molar-refractivity contribution < 1.29 is 9.90 Å². The summed E-state index contributed by atoms with van der Waals surface area (Å²) in [6, 6.07) is 13.3. The van der Waals surface area contributed by atoms with Gasteiger partial charge in [0.25, 0.3) is 5.91 Å². The first-order valence-corrected chi connectivity index (χ1v) is 10.0. The lowest BCUT2D eigenvalue weighted by Crippen LogP contribution is -2.62. The van der Waals surface area contributed by atoms with E-state index < -0.39 is 11.6 Å². The van der Waals surface area contributed by atoms with Crippen LogP contribution in [0.2, 0.25) is 0 Å². The highest BCUT2D eigenvalue weighted by molar-refractivity contribution is 5.95. The number of aryl methyl sites for hydroxylation is 2. The number of nitrogens with zero attached hydrogens (tertiary/aromatic N) is 4. The molecular formula is C23H25N5O2. The van der Waals surface area contributed by atoms with Crippen LogP contribution in [0.15, 0.2) is 61.1 Å². The van der Waals surface area contributed by atoms with Crippen LogP contribution in [-0.2, 0) is 5.54 Å². The van der Waals surface area contributed by atoms with Gasteiger partial charge in [-0.25, -0.2) is 4.98 Å². The van der Waals surface area contributed by atoms with Crippen molar-refractivity contribution in [3.05, 3.63) is 83.6 Å². The molecule has 1 amide bonds. The Morgan fingerprint density at radius 1 is 1.17 bits per heavy atom. The average molecular weight is 403 g/mol. The van der Waals surface area contributed by atoms with Crippen LogP contribution in [0.5, 0.6) is 0 Å². The molecule has 1 saturated heterocycles. The highest BCUT2D eigenvalue weighted by atomic mass is 16.3. The molecule has 0 saturated carbocycles. The van der Waals surface area contributed by atoms with Gasteiger partial charge >= 0.3 is 0 Å². The molecule has 0 unspecified atom stereocenters. The molecule has 2 N–H and O–H groups in total. The minimum absolute atomic E-state index is 0.240. The number of carbonyl (C=O) groups is 1. The summed E-state index contributed by atoms with van der Waals surface area (Å²) in [6.07, 6.45) is 4.63. The Kier molecular flexibility index (Phi) is 5.46. The van der Waals surface area contributed by atoms with E-state index in [1.54, 1.807) is 24.7 Å². The predicted molar refractivity (Wildman–Crippen MR) is 114 cm³/mol. The number of benzene rings is 1. The van der Waals surface area contributed by atoms with Crippen molar-refractivity contribution in [2.75, 3.05) is 18.0 Å². The predicted octanol–water partition coefficient (Wildman–Crippen LogP) is 2.38. The zero-order valence-corrected chi connectivity index (χ0v) is 17.1. The Balaban J connectivity index is 1.66. The summed E-state index contributed by atoms with van der Waals surface area (Å²) in [5.74, 6) is 0.471. The van der Waals surface area contributed by atoms with Gasteiger partial charge in [0.1, 0.15) is 5.82 Å². The van der Waals surface area contributed by atoms with Crippen molar-refractivity contribution in [1.29, 1.82) is 0 Å². The number of aromatic nitrogens is 3. The average Bonchev–Trinajstić information content (AvgIpc) is 2.76. The van der Waals surface area contributed by atoms with Crippen molar-refractivity contribution in [2.24, 2.45) is 0 Å². The summed E-state index contributed by atoms with van der Waals surface area (Å²) in [6.45, 7) is 4.67. The molecule has 0 aliphatic carbocycles. The van der Waals surface area contributed by atoms with Crippen molar-refractivity contribution >= 4 is 11.7 Å². The molecule has 2 aromatic heterocycles. The van der Waals surface area contributed by atoms with Crippen LogP contribution in [-0.4, -0.2) is 45.2 Å². The molecule has 1 aliphatic rings. The first kappa shape index (κ1) is 20.0. The SMILES string of the molecule is Cc1ccc(C(=O)N[C@]2(c3ccccc3)CCN(c3cnccn3)C[C@H]2O)c(C)n1. The van der Waals surface area contributed by atoms with Crippen LogP contribution >= 0.6 is 0 Å². The van der Waals surface area contributed by atoms with Gasteiger partial charge in [-0.2, -0.15) is 0 Å². The normalized spacial score (nSPS) is 21.3. The van der Waals surface area contributed by atoms with Gasteiger partial charge in [0.05, 0.1) is 29.1 Å². The molecule has 7 heteroatoms. The monoisotopic (exact) mass is 403 g/mol. The summed E-state index contributed by atoms with van der Waals surface area (Å²) in [4.78, 5) is 28.1. The third-order valence-corrected chi connectivity index (χ3v) is 5.71. The van der Waals surface area contributed by atoms with Crippen molar-refractivity contribution in [1.82, 2.24) is 20.3 Å². The number of nitrogens with one attached hydrogen (secondary N) is 1. The largest absolute Gasteiger partial charge is 0.388 e. The van der Waals surface area contributed by atoms with Crippen molar-refractivity contribution in [3.8, 4) is 0 Å². The topological polar surface area (TPSA) is 91.2 Å². The number of aliphatic hydroxyl groups is 1. The number of carbonyl (C=O) groups excluding carboxylic acids is 1. The summed E-state index contributed by atoms with van der Waals surface area (Å²) in [7, 11) is 0. The number of hydrogen-bond acceptors (Lipinski definition) is 6. The molecule has 0 radical (unpaired) electrons. The molecule has 1 aromatic carbocycles. The summed E-state index contributed by atoms with van der Waals surface area (Å²) >= 11 is 0. The maximum absolute atomic E-state index is 13.2. The van der Waals surface area contributed by atoms with E-state index in [1.807, 2.05) is 55.1 Å². The van der Waals surface area contributed by atoms with E-state index in [2.05, 4.69) is 20.3 Å². The van der Waals surface area contributed by atoms with Crippen LogP contribution in [0.4, 0.5) is 5.82 Å². The van der Waals surface area contributed by atoms with Gasteiger partial charge in [0.2, 0.25) is 0 Å². The van der Waals surface area contributed by atoms with Gasteiger partial charge in [0.15, 0.2) is 0 Å². The molecule has 2 atom stereocenters. The molecule has 7 nitrogen and oxygen atoms in total. The minimum Gasteiger partial charge on any atom is -0.388 e. The first-order chi connectivity index (χ1) is 14.5. The number of β-amino-alcohol motifs (C(OH)–C–C–N with tert-alkyl or cyclic N) is 1. The fourth-order valence-electron chi connectivity index (χ4n) is 4.08. The molecule has 0 bridgehead atoms. The Morgan fingerprint density at radius 2 is 1.97 bits per heavy atom. The first-order valence-electron chi connectivity index (χ1n) is 10.0. The maximum Gasteiger partial charge on any atom is 0.253 e. The lowest BCUT2D eigenvalue weighted by molar-refractivity contribution is 0.0364. The number of pyridine rings is 1. The Bertz CT molecular complexity index is 1030. The fraction of sp³-hybridized carbons (Fsp3) is 0.304. The quantitative estimate of drug-likeness (QED) is 0.695. The van der Waals surface area contributed by atoms with E-state index in [-0.39, 0.29) is 5.91 Å². The van der Waals surface area contributed by atoms with Crippen molar-refractivity contribution in [3.63, 3.8) is 0 Å². The molecule has 4 rings (SSSR count). The minimum atomic E-state index is -0.908. The molecular weight excluding hydrogens is 378 g/mol.